The molecule has 21 heavy (non-hydrogen) atoms. The lowest BCUT2D eigenvalue weighted by molar-refractivity contribution is -0.141. The molecule has 2 unspecified atom stereocenters. The van der Waals surface area contributed by atoms with Gasteiger partial charge in [0.15, 0.2) is 0 Å². The molecule has 2 heterocycles. The normalized spacial score (nSPS) is 22.6. The molecule has 0 radical (unpaired) electrons. The first kappa shape index (κ1) is 15.5. The van der Waals surface area contributed by atoms with Crippen molar-refractivity contribution in [2.24, 2.45) is 0 Å². The number of ether oxygens (including phenoxy) is 1. The van der Waals surface area contributed by atoms with E-state index < -0.39 is 12.0 Å². The number of carboxylic acid groups (broad SMARTS) is 1. The lowest BCUT2D eigenvalue weighted by Crippen LogP contribution is -2.40. The lowest BCUT2D eigenvalue weighted by Gasteiger charge is -2.21. The van der Waals surface area contributed by atoms with Crippen LogP contribution in [0.15, 0.2) is 12.4 Å². The molecule has 2 atom stereocenters. The van der Waals surface area contributed by atoms with Crippen LogP contribution in [0.25, 0.3) is 0 Å². The zero-order chi connectivity index (χ0) is 15.8. The molecule has 1 amide bonds. The summed E-state index contributed by atoms with van der Waals surface area (Å²) in [4.78, 5) is 25.2. The van der Waals surface area contributed by atoms with E-state index in [0.29, 0.717) is 12.0 Å². The van der Waals surface area contributed by atoms with Gasteiger partial charge in [-0.3, -0.25) is 9.48 Å². The molecule has 1 saturated heterocycles. The Bertz CT molecular complexity index is 547. The molecule has 7 heteroatoms. The fourth-order valence-corrected chi connectivity index (χ4v) is 2.39. The number of aliphatic carboxylic acids is 1. The molecular formula is C14H21N3O4. The van der Waals surface area contributed by atoms with Gasteiger partial charge < -0.3 is 14.7 Å². The molecule has 116 valence electrons. The molecule has 1 aromatic heterocycles. The summed E-state index contributed by atoms with van der Waals surface area (Å²) in [5.74, 6) is -1.33. The summed E-state index contributed by atoms with van der Waals surface area (Å²) in [6.07, 6.45) is 3.20. The van der Waals surface area contributed by atoms with Gasteiger partial charge in [-0.1, -0.05) is 0 Å². The fourth-order valence-electron chi connectivity index (χ4n) is 2.39. The van der Waals surface area contributed by atoms with Crippen molar-refractivity contribution in [2.45, 2.75) is 44.9 Å². The van der Waals surface area contributed by atoms with E-state index in [0.717, 1.165) is 0 Å². The quantitative estimate of drug-likeness (QED) is 0.897. The van der Waals surface area contributed by atoms with Crippen LogP contribution in [-0.2, 0) is 15.1 Å². The van der Waals surface area contributed by atoms with E-state index in [-0.39, 0.29) is 24.1 Å². The van der Waals surface area contributed by atoms with Crippen molar-refractivity contribution < 1.29 is 19.4 Å². The minimum atomic E-state index is -1.01. The maximum absolute atomic E-state index is 12.5. The smallest absolute Gasteiger partial charge is 0.326 e. The van der Waals surface area contributed by atoms with Crippen LogP contribution in [-0.4, -0.2) is 57.5 Å². The van der Waals surface area contributed by atoms with Crippen LogP contribution in [0.2, 0.25) is 0 Å². The number of aromatic nitrogens is 2. The predicted molar refractivity (Wildman–Crippen MR) is 75.1 cm³/mol. The Hall–Kier alpha value is -1.89. The van der Waals surface area contributed by atoms with Crippen molar-refractivity contribution in [3.63, 3.8) is 0 Å². The highest BCUT2D eigenvalue weighted by Crippen LogP contribution is 2.23. The molecular weight excluding hydrogens is 274 g/mol. The Morgan fingerprint density at radius 1 is 1.43 bits per heavy atom. The monoisotopic (exact) mass is 295 g/mol. The van der Waals surface area contributed by atoms with Crippen molar-refractivity contribution in [1.82, 2.24) is 14.7 Å². The zero-order valence-electron chi connectivity index (χ0n) is 12.7. The summed E-state index contributed by atoms with van der Waals surface area (Å²) in [7, 11) is 1.52. The van der Waals surface area contributed by atoms with Gasteiger partial charge in [-0.15, -0.1) is 0 Å². The summed E-state index contributed by atoms with van der Waals surface area (Å²) in [5.41, 5.74) is 0.165. The number of hydrogen-bond donors (Lipinski definition) is 1. The van der Waals surface area contributed by atoms with Crippen LogP contribution in [0.1, 0.15) is 37.6 Å². The standard InChI is InChI=1S/C14H21N3O4/c1-14(2,3)17-7-9(6-15-17)12(18)16-8-10(21-4)5-11(16)13(19)20/h6-7,10-11H,5,8H2,1-4H3,(H,19,20). The van der Waals surface area contributed by atoms with Gasteiger partial charge >= 0.3 is 5.97 Å². The van der Waals surface area contributed by atoms with E-state index in [1.54, 1.807) is 10.9 Å². The first-order valence-electron chi connectivity index (χ1n) is 6.85. The second kappa shape index (κ2) is 5.48. The number of methoxy groups -OCH3 is 1. The molecule has 0 aromatic carbocycles. The van der Waals surface area contributed by atoms with E-state index in [4.69, 9.17) is 4.74 Å². The SMILES string of the molecule is COC1CC(C(=O)O)N(C(=O)c2cnn(C(C)(C)C)c2)C1. The number of amides is 1. The highest BCUT2D eigenvalue weighted by atomic mass is 16.5. The predicted octanol–water partition coefficient (Wildman–Crippen LogP) is 0.952. The molecule has 0 saturated carbocycles. The van der Waals surface area contributed by atoms with Gasteiger partial charge in [0.1, 0.15) is 6.04 Å². The summed E-state index contributed by atoms with van der Waals surface area (Å²) < 4.78 is 6.88. The van der Waals surface area contributed by atoms with Crippen LogP contribution < -0.4 is 0 Å². The second-order valence-corrected chi connectivity index (χ2v) is 6.25. The molecule has 1 aromatic rings. The van der Waals surface area contributed by atoms with Gasteiger partial charge in [-0.2, -0.15) is 5.10 Å². The fraction of sp³-hybridized carbons (Fsp3) is 0.643. The minimum absolute atomic E-state index is 0.231. The van der Waals surface area contributed by atoms with Crippen molar-refractivity contribution in [3.05, 3.63) is 18.0 Å². The average molecular weight is 295 g/mol. The number of carbonyl (C=O) groups excluding carboxylic acids is 1. The number of nitrogens with zero attached hydrogens (tertiary/aromatic N) is 3. The third-order valence-electron chi connectivity index (χ3n) is 3.66. The molecule has 0 spiro atoms. The highest BCUT2D eigenvalue weighted by Gasteiger charge is 2.40. The molecule has 1 fully saturated rings. The Morgan fingerprint density at radius 2 is 2.10 bits per heavy atom. The maximum Gasteiger partial charge on any atom is 0.326 e. The van der Waals surface area contributed by atoms with Crippen LogP contribution in [0.5, 0.6) is 0 Å². The van der Waals surface area contributed by atoms with Gasteiger partial charge in [-0.05, 0) is 20.8 Å². The third kappa shape index (κ3) is 3.07. The van der Waals surface area contributed by atoms with E-state index in [9.17, 15) is 14.7 Å². The Balaban J connectivity index is 2.22. The van der Waals surface area contributed by atoms with Crippen molar-refractivity contribution in [2.75, 3.05) is 13.7 Å². The highest BCUT2D eigenvalue weighted by molar-refractivity contribution is 5.96. The van der Waals surface area contributed by atoms with Gasteiger partial charge in [0, 0.05) is 26.3 Å². The van der Waals surface area contributed by atoms with E-state index in [2.05, 4.69) is 5.10 Å². The molecule has 1 aliphatic heterocycles. The largest absolute Gasteiger partial charge is 0.480 e. The number of carboxylic acids is 1. The Kier molecular flexibility index (Phi) is 4.04. The van der Waals surface area contributed by atoms with Gasteiger partial charge in [0.05, 0.1) is 23.4 Å². The topological polar surface area (TPSA) is 84.7 Å². The van der Waals surface area contributed by atoms with Gasteiger partial charge in [0.2, 0.25) is 0 Å². The summed E-state index contributed by atoms with van der Waals surface area (Å²) in [5, 5.41) is 13.4. The summed E-state index contributed by atoms with van der Waals surface area (Å²) >= 11 is 0. The molecule has 2 rings (SSSR count). The van der Waals surface area contributed by atoms with Crippen LogP contribution in [0, 0.1) is 0 Å². The minimum Gasteiger partial charge on any atom is -0.480 e. The Morgan fingerprint density at radius 3 is 2.57 bits per heavy atom. The lowest BCUT2D eigenvalue weighted by atomic mass is 10.1. The third-order valence-corrected chi connectivity index (χ3v) is 3.66. The summed E-state index contributed by atoms with van der Waals surface area (Å²) in [6.45, 7) is 6.22. The van der Waals surface area contributed by atoms with E-state index in [1.165, 1.54) is 18.2 Å². The number of likely N-dealkylation sites (tertiary alicyclic amines) is 1. The molecule has 7 nitrogen and oxygen atoms in total. The maximum atomic E-state index is 12.5. The second-order valence-electron chi connectivity index (χ2n) is 6.25. The zero-order valence-corrected chi connectivity index (χ0v) is 12.7. The van der Waals surface area contributed by atoms with Crippen LogP contribution in [0.4, 0.5) is 0 Å². The number of rotatable bonds is 3. The summed E-state index contributed by atoms with van der Waals surface area (Å²) in [6, 6.07) is -0.847. The van der Waals surface area contributed by atoms with E-state index in [1.807, 2.05) is 20.8 Å². The molecule has 1 N–H and O–H groups in total. The Labute approximate surface area is 123 Å². The average Bonchev–Trinajstić information content (AvgIpc) is 3.04. The van der Waals surface area contributed by atoms with Crippen LogP contribution in [0.3, 0.4) is 0 Å². The number of carbonyl (C=O) groups is 2. The number of hydrogen-bond acceptors (Lipinski definition) is 4. The van der Waals surface area contributed by atoms with Gasteiger partial charge in [-0.25, -0.2) is 4.79 Å². The van der Waals surface area contributed by atoms with Crippen molar-refractivity contribution >= 4 is 11.9 Å². The first-order chi connectivity index (χ1) is 9.74. The van der Waals surface area contributed by atoms with Crippen molar-refractivity contribution in [1.29, 1.82) is 0 Å². The van der Waals surface area contributed by atoms with E-state index >= 15 is 0 Å². The molecule has 1 aliphatic rings. The first-order valence-corrected chi connectivity index (χ1v) is 6.85. The van der Waals surface area contributed by atoms with Gasteiger partial charge in [0.25, 0.3) is 5.91 Å². The van der Waals surface area contributed by atoms with Crippen LogP contribution >= 0.6 is 0 Å². The molecule has 0 bridgehead atoms. The molecule has 0 aliphatic carbocycles. The van der Waals surface area contributed by atoms with Crippen molar-refractivity contribution in [3.8, 4) is 0 Å².